The summed E-state index contributed by atoms with van der Waals surface area (Å²) in [4.78, 5) is 26.5. The Morgan fingerprint density at radius 3 is 2.32 bits per heavy atom. The average Bonchev–Trinajstić information content (AvgIpc) is 2.82. The van der Waals surface area contributed by atoms with Gasteiger partial charge in [0.15, 0.2) is 0 Å². The molecule has 1 aliphatic heterocycles. The highest BCUT2D eigenvalue weighted by molar-refractivity contribution is 5.83. The summed E-state index contributed by atoms with van der Waals surface area (Å²) < 4.78 is 12.1. The average molecular weight is 466 g/mol. The monoisotopic (exact) mass is 465 g/mol. The summed E-state index contributed by atoms with van der Waals surface area (Å²) in [5.41, 5.74) is 2.40. The third-order valence-electron chi connectivity index (χ3n) is 7.01. The van der Waals surface area contributed by atoms with Gasteiger partial charge in [0.05, 0.1) is 11.8 Å². The van der Waals surface area contributed by atoms with Gasteiger partial charge in [0.1, 0.15) is 18.5 Å². The normalized spacial score (nSPS) is 21.3. The first-order valence-electron chi connectivity index (χ1n) is 12.5. The standard InChI is InChI=1S/C28H35NO5/c30-27(31)24-15-16-25(24)28(32)34-23(19-29-17-7-2-8-18-29)20-33-26-12-6-5-11-22(26)14-13-21-9-3-1-4-10-21/h1,3-6,9-12,23-25H,2,7-8,13-20H2,(H,30,31). The second-order valence-corrected chi connectivity index (χ2v) is 9.45. The molecular weight excluding hydrogens is 430 g/mol. The van der Waals surface area contributed by atoms with Gasteiger partial charge in [-0.1, -0.05) is 55.0 Å². The highest BCUT2D eigenvalue weighted by Gasteiger charge is 2.43. The molecule has 1 N–H and O–H groups in total. The molecule has 182 valence electrons. The zero-order valence-corrected chi connectivity index (χ0v) is 19.7. The number of benzene rings is 2. The first kappa shape index (κ1) is 24.3. The predicted molar refractivity (Wildman–Crippen MR) is 130 cm³/mol. The number of rotatable bonds is 11. The third kappa shape index (κ3) is 6.60. The van der Waals surface area contributed by atoms with Gasteiger partial charge >= 0.3 is 11.9 Å². The van der Waals surface area contributed by atoms with Crippen molar-refractivity contribution in [3.63, 3.8) is 0 Å². The SMILES string of the molecule is O=C(O)C1CCC1C(=O)OC(COc1ccccc1CCc1ccccc1)CN1CCCCC1. The van der Waals surface area contributed by atoms with Gasteiger partial charge in [0.2, 0.25) is 0 Å². The first-order valence-corrected chi connectivity index (χ1v) is 12.5. The van der Waals surface area contributed by atoms with Gasteiger partial charge in [-0.25, -0.2) is 0 Å². The van der Waals surface area contributed by atoms with E-state index in [4.69, 9.17) is 9.47 Å². The molecule has 0 bridgehead atoms. The van der Waals surface area contributed by atoms with Crippen LogP contribution in [0.15, 0.2) is 54.6 Å². The van der Waals surface area contributed by atoms with Gasteiger partial charge < -0.3 is 14.6 Å². The minimum Gasteiger partial charge on any atom is -0.489 e. The summed E-state index contributed by atoms with van der Waals surface area (Å²) in [7, 11) is 0. The number of likely N-dealkylation sites (tertiary alicyclic amines) is 1. The van der Waals surface area contributed by atoms with Crippen LogP contribution in [0.25, 0.3) is 0 Å². The number of hydrogen-bond donors (Lipinski definition) is 1. The highest BCUT2D eigenvalue weighted by atomic mass is 16.6. The van der Waals surface area contributed by atoms with Crippen LogP contribution in [0.2, 0.25) is 0 Å². The first-order chi connectivity index (χ1) is 16.6. The van der Waals surface area contributed by atoms with Gasteiger partial charge in [0, 0.05) is 6.54 Å². The van der Waals surface area contributed by atoms with Crippen LogP contribution >= 0.6 is 0 Å². The summed E-state index contributed by atoms with van der Waals surface area (Å²) in [6.45, 7) is 2.85. The summed E-state index contributed by atoms with van der Waals surface area (Å²) in [6.07, 6.45) is 6.00. The van der Waals surface area contributed by atoms with Gasteiger partial charge in [0.25, 0.3) is 0 Å². The van der Waals surface area contributed by atoms with Crippen LogP contribution in [0.1, 0.15) is 43.2 Å². The lowest BCUT2D eigenvalue weighted by atomic mass is 9.74. The molecule has 1 heterocycles. The van der Waals surface area contributed by atoms with Crippen molar-refractivity contribution in [3.05, 3.63) is 65.7 Å². The van der Waals surface area contributed by atoms with E-state index in [-0.39, 0.29) is 6.61 Å². The smallest absolute Gasteiger partial charge is 0.310 e. The number of hydrogen-bond acceptors (Lipinski definition) is 5. The van der Waals surface area contributed by atoms with E-state index in [2.05, 4.69) is 23.1 Å². The fourth-order valence-electron chi connectivity index (χ4n) is 4.84. The number of carbonyl (C=O) groups is 2. The Morgan fingerprint density at radius 2 is 1.62 bits per heavy atom. The van der Waals surface area contributed by atoms with E-state index in [9.17, 15) is 14.7 Å². The molecule has 0 aromatic heterocycles. The minimum atomic E-state index is -0.913. The number of para-hydroxylation sites is 1. The fraction of sp³-hybridized carbons (Fsp3) is 0.500. The maximum Gasteiger partial charge on any atom is 0.310 e. The maximum atomic E-state index is 12.8. The van der Waals surface area contributed by atoms with Crippen molar-refractivity contribution in [1.82, 2.24) is 4.90 Å². The molecular formula is C28H35NO5. The van der Waals surface area contributed by atoms with Gasteiger partial charge in [-0.05, 0) is 68.8 Å². The zero-order chi connectivity index (χ0) is 23.8. The number of nitrogens with zero attached hydrogens (tertiary/aromatic N) is 1. The van der Waals surface area contributed by atoms with E-state index >= 15 is 0 Å². The fourth-order valence-corrected chi connectivity index (χ4v) is 4.84. The molecule has 2 aliphatic rings. The van der Waals surface area contributed by atoms with Crippen molar-refractivity contribution in [1.29, 1.82) is 0 Å². The maximum absolute atomic E-state index is 12.8. The van der Waals surface area contributed by atoms with Crippen molar-refractivity contribution >= 4 is 11.9 Å². The molecule has 1 saturated carbocycles. The second kappa shape index (κ2) is 12.0. The molecule has 2 aromatic carbocycles. The molecule has 3 unspecified atom stereocenters. The Kier molecular flexibility index (Phi) is 8.58. The molecule has 34 heavy (non-hydrogen) atoms. The van der Waals surface area contributed by atoms with Crippen molar-refractivity contribution in [3.8, 4) is 5.75 Å². The second-order valence-electron chi connectivity index (χ2n) is 9.45. The number of esters is 1. The molecule has 3 atom stereocenters. The topological polar surface area (TPSA) is 76.1 Å². The Labute approximate surface area is 201 Å². The van der Waals surface area contributed by atoms with Crippen molar-refractivity contribution in [2.75, 3.05) is 26.2 Å². The molecule has 2 fully saturated rings. The summed E-state index contributed by atoms with van der Waals surface area (Å²) in [6, 6.07) is 18.4. The van der Waals surface area contributed by atoms with E-state index < -0.39 is 29.9 Å². The Balaban J connectivity index is 1.38. The number of carbonyl (C=O) groups excluding carboxylic acids is 1. The highest BCUT2D eigenvalue weighted by Crippen LogP contribution is 2.35. The van der Waals surface area contributed by atoms with E-state index in [1.807, 2.05) is 36.4 Å². The molecule has 0 amide bonds. The van der Waals surface area contributed by atoms with E-state index in [1.54, 1.807) is 0 Å². The quantitative estimate of drug-likeness (QED) is 0.497. The van der Waals surface area contributed by atoms with Crippen LogP contribution in [0.3, 0.4) is 0 Å². The Bertz CT molecular complexity index is 941. The molecule has 4 rings (SSSR count). The van der Waals surface area contributed by atoms with Crippen molar-refractivity contribution in [2.24, 2.45) is 11.8 Å². The van der Waals surface area contributed by atoms with E-state index in [0.29, 0.717) is 19.4 Å². The number of aliphatic carboxylic acids is 1. The van der Waals surface area contributed by atoms with Crippen LogP contribution in [0.5, 0.6) is 5.75 Å². The molecule has 6 heteroatoms. The third-order valence-corrected chi connectivity index (χ3v) is 7.01. The largest absolute Gasteiger partial charge is 0.489 e. The lowest BCUT2D eigenvalue weighted by Crippen LogP contribution is -2.45. The molecule has 1 aliphatic carbocycles. The number of piperidine rings is 1. The lowest BCUT2D eigenvalue weighted by molar-refractivity contribution is -0.170. The predicted octanol–water partition coefficient (Wildman–Crippen LogP) is 4.36. The van der Waals surface area contributed by atoms with Gasteiger partial charge in [-0.2, -0.15) is 0 Å². The molecule has 0 spiro atoms. The number of aryl methyl sites for hydroxylation is 2. The van der Waals surface area contributed by atoms with Crippen LogP contribution in [0, 0.1) is 11.8 Å². The molecule has 2 aromatic rings. The van der Waals surface area contributed by atoms with Gasteiger partial charge in [-0.3, -0.25) is 14.5 Å². The summed E-state index contributed by atoms with van der Waals surface area (Å²) in [5.74, 6) is -1.67. The van der Waals surface area contributed by atoms with Crippen LogP contribution in [-0.4, -0.2) is 54.3 Å². The van der Waals surface area contributed by atoms with Crippen molar-refractivity contribution in [2.45, 2.75) is 51.0 Å². The molecule has 6 nitrogen and oxygen atoms in total. The number of carboxylic acids is 1. The summed E-state index contributed by atoms with van der Waals surface area (Å²) >= 11 is 0. The number of carboxylic acid groups (broad SMARTS) is 1. The van der Waals surface area contributed by atoms with Crippen LogP contribution in [-0.2, 0) is 27.2 Å². The van der Waals surface area contributed by atoms with E-state index in [0.717, 1.165) is 50.1 Å². The van der Waals surface area contributed by atoms with E-state index in [1.165, 1.54) is 12.0 Å². The molecule has 1 saturated heterocycles. The summed E-state index contributed by atoms with van der Waals surface area (Å²) in [5, 5.41) is 9.32. The zero-order valence-electron chi connectivity index (χ0n) is 19.7. The Hall–Kier alpha value is -2.86. The minimum absolute atomic E-state index is 0.259. The number of ether oxygens (including phenoxy) is 2. The van der Waals surface area contributed by atoms with Crippen molar-refractivity contribution < 1.29 is 24.2 Å². The molecule has 0 radical (unpaired) electrons. The Morgan fingerprint density at radius 1 is 0.912 bits per heavy atom. The van der Waals surface area contributed by atoms with Crippen LogP contribution in [0.4, 0.5) is 0 Å². The van der Waals surface area contributed by atoms with Crippen LogP contribution < -0.4 is 4.74 Å². The van der Waals surface area contributed by atoms with Gasteiger partial charge in [-0.15, -0.1) is 0 Å². The lowest BCUT2D eigenvalue weighted by Gasteiger charge is -2.34.